The maximum atomic E-state index is 12.5. The molecule has 0 aliphatic carbocycles. The molecule has 5 nitrogen and oxygen atoms in total. The molecule has 1 N–H and O–H groups in total. The monoisotopic (exact) mass is 377 g/mol. The maximum Gasteiger partial charge on any atom is 0.257 e. The molecule has 1 aliphatic rings. The fourth-order valence-corrected chi connectivity index (χ4v) is 4.03. The third kappa shape index (κ3) is 3.61. The van der Waals surface area contributed by atoms with Gasteiger partial charge in [-0.1, -0.05) is 30.3 Å². The Balaban J connectivity index is 1.49. The number of anilines is 2. The average Bonchev–Trinajstić information content (AvgIpc) is 3.28. The number of amides is 2. The Labute approximate surface area is 161 Å². The molecule has 136 valence electrons. The van der Waals surface area contributed by atoms with Gasteiger partial charge in [-0.15, -0.1) is 11.3 Å². The van der Waals surface area contributed by atoms with E-state index >= 15 is 0 Å². The number of carbonyl (C=O) groups excluding carboxylic acids is 2. The van der Waals surface area contributed by atoms with Crippen LogP contribution in [-0.2, 0) is 4.79 Å². The second-order valence-corrected chi connectivity index (χ2v) is 7.64. The summed E-state index contributed by atoms with van der Waals surface area (Å²) >= 11 is 1.46. The largest absolute Gasteiger partial charge is 0.312 e. The number of aryl methyl sites for hydroxylation is 1. The topological polar surface area (TPSA) is 62.3 Å². The number of hydrogen-bond donors (Lipinski definition) is 1. The van der Waals surface area contributed by atoms with Gasteiger partial charge in [0.15, 0.2) is 5.13 Å². The molecule has 0 bridgehead atoms. The predicted octanol–water partition coefficient (Wildman–Crippen LogP) is 4.50. The SMILES string of the molecule is Cc1sc(NC(=O)c2ccc(N3CCCC3=O)cc2)nc1-c1ccccc1. The van der Waals surface area contributed by atoms with Crippen LogP contribution in [0.15, 0.2) is 54.6 Å². The first-order valence-corrected chi connectivity index (χ1v) is 9.68. The van der Waals surface area contributed by atoms with E-state index in [9.17, 15) is 9.59 Å². The number of rotatable bonds is 4. The van der Waals surface area contributed by atoms with Gasteiger partial charge >= 0.3 is 0 Å². The fraction of sp³-hybridized carbons (Fsp3) is 0.190. The highest BCUT2D eigenvalue weighted by atomic mass is 32.1. The molecule has 0 spiro atoms. The summed E-state index contributed by atoms with van der Waals surface area (Å²) in [6, 6.07) is 17.0. The molecule has 2 amide bonds. The van der Waals surface area contributed by atoms with Crippen LogP contribution in [0.1, 0.15) is 28.1 Å². The van der Waals surface area contributed by atoms with Crippen molar-refractivity contribution in [1.29, 1.82) is 0 Å². The molecule has 0 unspecified atom stereocenters. The zero-order valence-electron chi connectivity index (χ0n) is 14.9. The first kappa shape index (κ1) is 17.4. The lowest BCUT2D eigenvalue weighted by molar-refractivity contribution is -0.117. The number of carbonyl (C=O) groups is 2. The van der Waals surface area contributed by atoms with Gasteiger partial charge in [0, 0.05) is 34.7 Å². The minimum atomic E-state index is -0.206. The Hall–Kier alpha value is -2.99. The summed E-state index contributed by atoms with van der Waals surface area (Å²) < 4.78 is 0. The van der Waals surface area contributed by atoms with Gasteiger partial charge in [0.1, 0.15) is 0 Å². The van der Waals surface area contributed by atoms with Crippen LogP contribution in [0.2, 0.25) is 0 Å². The number of thiazole rings is 1. The van der Waals surface area contributed by atoms with Crippen LogP contribution in [-0.4, -0.2) is 23.3 Å². The van der Waals surface area contributed by atoms with E-state index in [4.69, 9.17) is 0 Å². The third-order valence-electron chi connectivity index (χ3n) is 4.58. The average molecular weight is 377 g/mol. The Morgan fingerprint density at radius 2 is 1.85 bits per heavy atom. The van der Waals surface area contributed by atoms with Crippen molar-refractivity contribution < 1.29 is 9.59 Å². The van der Waals surface area contributed by atoms with Crippen LogP contribution in [0.4, 0.5) is 10.8 Å². The molecule has 1 aromatic heterocycles. The molecule has 1 fully saturated rings. The van der Waals surface area contributed by atoms with Gasteiger partial charge < -0.3 is 4.90 Å². The first-order valence-electron chi connectivity index (χ1n) is 8.86. The van der Waals surface area contributed by atoms with Crippen molar-refractivity contribution in [3.05, 3.63) is 65.0 Å². The minimum Gasteiger partial charge on any atom is -0.312 e. The molecular formula is C21H19N3O2S. The summed E-state index contributed by atoms with van der Waals surface area (Å²) in [5.41, 5.74) is 3.30. The summed E-state index contributed by atoms with van der Waals surface area (Å²) in [4.78, 5) is 31.8. The number of aromatic nitrogens is 1. The molecule has 2 aromatic carbocycles. The van der Waals surface area contributed by atoms with E-state index in [1.807, 2.05) is 49.4 Å². The van der Waals surface area contributed by atoms with E-state index in [1.54, 1.807) is 17.0 Å². The van der Waals surface area contributed by atoms with Gasteiger partial charge in [0.05, 0.1) is 5.69 Å². The van der Waals surface area contributed by atoms with E-state index < -0.39 is 0 Å². The minimum absolute atomic E-state index is 0.138. The van der Waals surface area contributed by atoms with Crippen molar-refractivity contribution in [2.24, 2.45) is 0 Å². The molecule has 0 radical (unpaired) electrons. The van der Waals surface area contributed by atoms with Crippen molar-refractivity contribution in [3.8, 4) is 11.3 Å². The Morgan fingerprint density at radius 3 is 2.52 bits per heavy atom. The molecule has 4 rings (SSSR count). The van der Waals surface area contributed by atoms with Crippen molar-refractivity contribution in [3.63, 3.8) is 0 Å². The zero-order valence-corrected chi connectivity index (χ0v) is 15.8. The maximum absolute atomic E-state index is 12.5. The predicted molar refractivity (Wildman–Crippen MR) is 108 cm³/mol. The number of hydrogen-bond acceptors (Lipinski definition) is 4. The molecule has 27 heavy (non-hydrogen) atoms. The number of benzene rings is 2. The molecule has 1 saturated heterocycles. The molecular weight excluding hydrogens is 358 g/mol. The molecule has 3 aromatic rings. The lowest BCUT2D eigenvalue weighted by Gasteiger charge is -2.15. The standard InChI is InChI=1S/C21H19N3O2S/c1-14-19(15-6-3-2-4-7-15)22-21(27-14)23-20(26)16-9-11-17(12-10-16)24-13-5-8-18(24)25/h2-4,6-7,9-12H,5,8,13H2,1H3,(H,22,23,26). The van der Waals surface area contributed by atoms with Gasteiger partial charge in [-0.2, -0.15) is 0 Å². The van der Waals surface area contributed by atoms with Crippen molar-refractivity contribution in [2.45, 2.75) is 19.8 Å². The van der Waals surface area contributed by atoms with Crippen LogP contribution >= 0.6 is 11.3 Å². The molecule has 1 aliphatic heterocycles. The van der Waals surface area contributed by atoms with Crippen LogP contribution in [0.25, 0.3) is 11.3 Å². The molecule has 2 heterocycles. The summed E-state index contributed by atoms with van der Waals surface area (Å²) in [5.74, 6) is -0.0680. The number of nitrogens with zero attached hydrogens (tertiary/aromatic N) is 2. The van der Waals surface area contributed by atoms with E-state index in [1.165, 1.54) is 11.3 Å². The van der Waals surface area contributed by atoms with Gasteiger partial charge in [-0.05, 0) is 37.6 Å². The van der Waals surface area contributed by atoms with Crippen molar-refractivity contribution in [1.82, 2.24) is 4.98 Å². The summed E-state index contributed by atoms with van der Waals surface area (Å²) in [5, 5.41) is 3.45. The highest BCUT2D eigenvalue weighted by Gasteiger charge is 2.21. The Kier molecular flexibility index (Phi) is 4.73. The lowest BCUT2D eigenvalue weighted by atomic mass is 10.1. The van der Waals surface area contributed by atoms with Gasteiger partial charge in [0.2, 0.25) is 5.91 Å². The van der Waals surface area contributed by atoms with E-state index in [0.717, 1.165) is 34.8 Å². The fourth-order valence-electron chi connectivity index (χ4n) is 3.20. The third-order valence-corrected chi connectivity index (χ3v) is 5.47. The molecule has 0 atom stereocenters. The normalized spacial score (nSPS) is 13.8. The summed E-state index contributed by atoms with van der Waals surface area (Å²) in [6.07, 6.45) is 1.48. The lowest BCUT2D eigenvalue weighted by Crippen LogP contribution is -2.23. The van der Waals surface area contributed by atoms with E-state index in [-0.39, 0.29) is 11.8 Å². The van der Waals surface area contributed by atoms with E-state index in [0.29, 0.717) is 17.1 Å². The van der Waals surface area contributed by atoms with Crippen LogP contribution < -0.4 is 10.2 Å². The van der Waals surface area contributed by atoms with Crippen molar-refractivity contribution in [2.75, 3.05) is 16.8 Å². The summed E-state index contributed by atoms with van der Waals surface area (Å²) in [7, 11) is 0. The molecule has 6 heteroatoms. The first-order chi connectivity index (χ1) is 13.1. The smallest absolute Gasteiger partial charge is 0.257 e. The highest BCUT2D eigenvalue weighted by Crippen LogP contribution is 2.30. The Bertz CT molecular complexity index is 980. The number of nitrogens with one attached hydrogen (secondary N) is 1. The quantitative estimate of drug-likeness (QED) is 0.728. The second kappa shape index (κ2) is 7.32. The second-order valence-electron chi connectivity index (χ2n) is 6.44. The van der Waals surface area contributed by atoms with Gasteiger partial charge in [-0.25, -0.2) is 4.98 Å². The van der Waals surface area contributed by atoms with E-state index in [2.05, 4.69) is 10.3 Å². The summed E-state index contributed by atoms with van der Waals surface area (Å²) in [6.45, 7) is 2.74. The van der Waals surface area contributed by atoms with Crippen molar-refractivity contribution >= 4 is 34.0 Å². The Morgan fingerprint density at radius 1 is 1.11 bits per heavy atom. The zero-order chi connectivity index (χ0) is 18.8. The van der Waals surface area contributed by atoms with Crippen LogP contribution in [0.3, 0.4) is 0 Å². The highest BCUT2D eigenvalue weighted by molar-refractivity contribution is 7.16. The van der Waals surface area contributed by atoms with Gasteiger partial charge in [-0.3, -0.25) is 14.9 Å². The van der Waals surface area contributed by atoms with Gasteiger partial charge in [0.25, 0.3) is 5.91 Å². The van der Waals surface area contributed by atoms with Crippen LogP contribution in [0.5, 0.6) is 0 Å². The molecule has 0 saturated carbocycles. The van der Waals surface area contributed by atoms with Crippen LogP contribution in [0, 0.1) is 6.92 Å².